The summed E-state index contributed by atoms with van der Waals surface area (Å²) in [6, 6.07) is 4.40. The lowest BCUT2D eigenvalue weighted by Crippen LogP contribution is -2.40. The third kappa shape index (κ3) is 6.38. The van der Waals surface area contributed by atoms with Crippen LogP contribution in [0.15, 0.2) is 24.3 Å². The van der Waals surface area contributed by atoms with E-state index < -0.39 is 29.1 Å². The number of nitrogens with two attached hydrogens (primary N) is 1. The van der Waals surface area contributed by atoms with E-state index in [2.05, 4.69) is 5.32 Å². The van der Waals surface area contributed by atoms with Crippen LogP contribution in [0.3, 0.4) is 0 Å². The van der Waals surface area contributed by atoms with Crippen molar-refractivity contribution in [3.63, 3.8) is 0 Å². The zero-order valence-electron chi connectivity index (χ0n) is 14.6. The molecule has 0 aliphatic carbocycles. The molecule has 1 aromatic carbocycles. The van der Waals surface area contributed by atoms with E-state index in [1.54, 1.807) is 7.05 Å². The standard InChI is InChI=1S/C17H24F3N3O2/c1-11(2)14(21)8-9-23(3)15(24)10-22-16(25)12-6-4-5-7-13(12)17(18,19)20/h4-7,11,14H,8-10,21H2,1-3H3,(H,22,25). The van der Waals surface area contributed by atoms with Crippen molar-refractivity contribution in [3.05, 3.63) is 35.4 Å². The molecule has 0 saturated carbocycles. The molecular weight excluding hydrogens is 335 g/mol. The molecule has 3 N–H and O–H groups in total. The molecule has 1 atom stereocenters. The molecule has 1 aromatic rings. The van der Waals surface area contributed by atoms with Crippen LogP contribution >= 0.6 is 0 Å². The van der Waals surface area contributed by atoms with Crippen molar-refractivity contribution >= 4 is 11.8 Å². The number of carbonyl (C=O) groups excluding carboxylic acids is 2. The van der Waals surface area contributed by atoms with Crippen molar-refractivity contribution in [1.29, 1.82) is 0 Å². The van der Waals surface area contributed by atoms with E-state index in [0.29, 0.717) is 13.0 Å². The second kappa shape index (κ2) is 8.84. The number of amides is 2. The summed E-state index contributed by atoms with van der Waals surface area (Å²) in [6.07, 6.45) is -4.04. The molecule has 1 rings (SSSR count). The van der Waals surface area contributed by atoms with Crippen LogP contribution in [0.1, 0.15) is 36.2 Å². The lowest BCUT2D eigenvalue weighted by atomic mass is 10.0. The molecule has 0 fully saturated rings. The quantitative estimate of drug-likeness (QED) is 0.784. The van der Waals surface area contributed by atoms with Crippen LogP contribution in [0.5, 0.6) is 0 Å². The number of alkyl halides is 3. The zero-order chi connectivity index (χ0) is 19.2. The summed E-state index contributed by atoms with van der Waals surface area (Å²) in [6.45, 7) is 3.99. The van der Waals surface area contributed by atoms with E-state index in [1.165, 1.54) is 17.0 Å². The van der Waals surface area contributed by atoms with E-state index in [0.717, 1.165) is 12.1 Å². The molecule has 0 aromatic heterocycles. The Kier molecular flexibility index (Phi) is 7.41. The van der Waals surface area contributed by atoms with Gasteiger partial charge in [0.2, 0.25) is 5.91 Å². The highest BCUT2D eigenvalue weighted by atomic mass is 19.4. The van der Waals surface area contributed by atoms with Gasteiger partial charge in [-0.25, -0.2) is 0 Å². The van der Waals surface area contributed by atoms with Crippen LogP contribution in [-0.4, -0.2) is 42.9 Å². The van der Waals surface area contributed by atoms with E-state index in [4.69, 9.17) is 5.73 Å². The Labute approximate surface area is 145 Å². The number of nitrogens with one attached hydrogen (secondary N) is 1. The summed E-state index contributed by atoms with van der Waals surface area (Å²) in [4.78, 5) is 25.4. The first kappa shape index (κ1) is 21.0. The molecule has 2 amide bonds. The average Bonchev–Trinajstić information content (AvgIpc) is 2.55. The topological polar surface area (TPSA) is 75.4 Å². The third-order valence-corrected chi connectivity index (χ3v) is 3.96. The van der Waals surface area contributed by atoms with Crippen molar-refractivity contribution in [2.75, 3.05) is 20.1 Å². The highest BCUT2D eigenvalue weighted by Crippen LogP contribution is 2.31. The fourth-order valence-electron chi connectivity index (χ4n) is 2.12. The van der Waals surface area contributed by atoms with Crippen molar-refractivity contribution in [1.82, 2.24) is 10.2 Å². The Morgan fingerprint density at radius 3 is 2.40 bits per heavy atom. The summed E-state index contributed by atoms with van der Waals surface area (Å²) in [5, 5.41) is 2.24. The Morgan fingerprint density at radius 1 is 1.24 bits per heavy atom. The Morgan fingerprint density at radius 2 is 1.84 bits per heavy atom. The minimum absolute atomic E-state index is 0.0523. The lowest BCUT2D eigenvalue weighted by Gasteiger charge is -2.22. The van der Waals surface area contributed by atoms with Crippen LogP contribution in [0.25, 0.3) is 0 Å². The van der Waals surface area contributed by atoms with E-state index in [9.17, 15) is 22.8 Å². The molecule has 140 valence electrons. The average molecular weight is 359 g/mol. The highest BCUT2D eigenvalue weighted by molar-refractivity contribution is 5.97. The molecule has 0 radical (unpaired) electrons. The van der Waals surface area contributed by atoms with Gasteiger partial charge in [0.05, 0.1) is 17.7 Å². The Bertz CT molecular complexity index is 603. The fourth-order valence-corrected chi connectivity index (χ4v) is 2.12. The normalized spacial score (nSPS) is 12.8. The number of halogens is 3. The predicted octanol–water partition coefficient (Wildman–Crippen LogP) is 2.27. The van der Waals surface area contributed by atoms with Crippen molar-refractivity contribution in [2.24, 2.45) is 11.7 Å². The van der Waals surface area contributed by atoms with Crippen LogP contribution in [0.4, 0.5) is 13.2 Å². The van der Waals surface area contributed by atoms with Crippen molar-refractivity contribution in [3.8, 4) is 0 Å². The molecular formula is C17H24F3N3O2. The van der Waals surface area contributed by atoms with Gasteiger partial charge < -0.3 is 16.0 Å². The number of hydrogen-bond acceptors (Lipinski definition) is 3. The second-order valence-electron chi connectivity index (χ2n) is 6.24. The monoisotopic (exact) mass is 359 g/mol. The summed E-state index contributed by atoms with van der Waals surface area (Å²) in [5.74, 6) is -1.05. The van der Waals surface area contributed by atoms with Crippen molar-refractivity contribution in [2.45, 2.75) is 32.5 Å². The fraction of sp³-hybridized carbons (Fsp3) is 0.529. The summed E-state index contributed by atoms with van der Waals surface area (Å²) in [7, 11) is 1.56. The van der Waals surface area contributed by atoms with Gasteiger partial charge in [0, 0.05) is 19.6 Å². The van der Waals surface area contributed by atoms with Crippen LogP contribution in [0.2, 0.25) is 0 Å². The predicted molar refractivity (Wildman–Crippen MR) is 88.8 cm³/mol. The van der Waals surface area contributed by atoms with Gasteiger partial charge in [-0.15, -0.1) is 0 Å². The molecule has 0 spiro atoms. The molecule has 1 unspecified atom stereocenters. The largest absolute Gasteiger partial charge is 0.417 e. The first-order valence-corrected chi connectivity index (χ1v) is 7.98. The van der Waals surface area contributed by atoms with Crippen LogP contribution in [-0.2, 0) is 11.0 Å². The SMILES string of the molecule is CC(C)C(N)CCN(C)C(=O)CNC(=O)c1ccccc1C(F)(F)F. The third-order valence-electron chi connectivity index (χ3n) is 3.96. The maximum Gasteiger partial charge on any atom is 0.417 e. The highest BCUT2D eigenvalue weighted by Gasteiger charge is 2.34. The first-order valence-electron chi connectivity index (χ1n) is 7.98. The van der Waals surface area contributed by atoms with Crippen LogP contribution in [0, 0.1) is 5.92 Å². The Hall–Kier alpha value is -2.09. The van der Waals surface area contributed by atoms with Gasteiger partial charge in [-0.2, -0.15) is 13.2 Å². The molecule has 0 aliphatic heterocycles. The molecule has 5 nitrogen and oxygen atoms in total. The second-order valence-corrected chi connectivity index (χ2v) is 6.24. The lowest BCUT2D eigenvalue weighted by molar-refractivity contribution is -0.137. The minimum Gasteiger partial charge on any atom is -0.344 e. The van der Waals surface area contributed by atoms with E-state index in [1.807, 2.05) is 13.8 Å². The van der Waals surface area contributed by atoms with Crippen LogP contribution < -0.4 is 11.1 Å². The molecule has 8 heteroatoms. The summed E-state index contributed by atoms with van der Waals surface area (Å²) in [5.41, 5.74) is 4.37. The smallest absolute Gasteiger partial charge is 0.344 e. The van der Waals surface area contributed by atoms with Crippen molar-refractivity contribution < 1.29 is 22.8 Å². The maximum atomic E-state index is 12.9. The van der Waals surface area contributed by atoms with Gasteiger partial charge >= 0.3 is 6.18 Å². The van der Waals surface area contributed by atoms with Gasteiger partial charge in [0.25, 0.3) is 5.91 Å². The van der Waals surface area contributed by atoms with Gasteiger partial charge in [0.15, 0.2) is 0 Å². The number of nitrogens with zero attached hydrogens (tertiary/aromatic N) is 1. The van der Waals surface area contributed by atoms with Gasteiger partial charge in [-0.1, -0.05) is 26.0 Å². The summed E-state index contributed by atoms with van der Waals surface area (Å²) < 4.78 is 38.7. The zero-order valence-corrected chi connectivity index (χ0v) is 14.6. The molecule has 0 aliphatic rings. The summed E-state index contributed by atoms with van der Waals surface area (Å²) >= 11 is 0. The van der Waals surface area contributed by atoms with E-state index in [-0.39, 0.29) is 18.5 Å². The number of hydrogen-bond donors (Lipinski definition) is 2. The number of rotatable bonds is 7. The maximum absolute atomic E-state index is 12.9. The van der Waals surface area contributed by atoms with Gasteiger partial charge in [-0.3, -0.25) is 9.59 Å². The minimum atomic E-state index is -4.64. The van der Waals surface area contributed by atoms with Gasteiger partial charge in [0.1, 0.15) is 0 Å². The number of benzene rings is 1. The van der Waals surface area contributed by atoms with Gasteiger partial charge in [-0.05, 0) is 24.5 Å². The molecule has 0 heterocycles. The first-order chi connectivity index (χ1) is 11.5. The van der Waals surface area contributed by atoms with E-state index >= 15 is 0 Å². The number of likely N-dealkylation sites (N-methyl/N-ethyl adjacent to an activating group) is 1. The number of carbonyl (C=O) groups is 2. The molecule has 25 heavy (non-hydrogen) atoms. The molecule has 0 bridgehead atoms. The Balaban J connectivity index is 2.61. The molecule has 0 saturated heterocycles.